The predicted octanol–water partition coefficient (Wildman–Crippen LogP) is 4.30. The number of aromatic nitrogens is 1. The van der Waals surface area contributed by atoms with Crippen molar-refractivity contribution in [2.75, 3.05) is 5.32 Å². The van der Waals surface area contributed by atoms with Gasteiger partial charge >= 0.3 is 0 Å². The molecule has 0 aliphatic carbocycles. The van der Waals surface area contributed by atoms with Crippen LogP contribution in [0.4, 0.5) is 5.69 Å². The van der Waals surface area contributed by atoms with E-state index in [1.165, 1.54) is 22.4 Å². The van der Waals surface area contributed by atoms with Gasteiger partial charge < -0.3 is 5.32 Å². The number of hydrogen-bond donors (Lipinski definition) is 1. The minimum atomic E-state index is 0.146. The van der Waals surface area contributed by atoms with Crippen molar-refractivity contribution in [1.29, 1.82) is 0 Å². The number of benzene rings is 1. The number of rotatable bonds is 3. The van der Waals surface area contributed by atoms with Crippen LogP contribution in [0.2, 0.25) is 0 Å². The summed E-state index contributed by atoms with van der Waals surface area (Å²) in [6, 6.07) is 10.6. The van der Waals surface area contributed by atoms with Crippen LogP contribution in [0.5, 0.6) is 0 Å². The normalized spacial score (nSPS) is 11.4. The van der Waals surface area contributed by atoms with Crippen molar-refractivity contribution in [3.05, 3.63) is 59.4 Å². The van der Waals surface area contributed by atoms with Gasteiger partial charge in [0.25, 0.3) is 0 Å². The summed E-state index contributed by atoms with van der Waals surface area (Å²) >= 11 is 0. The molecule has 0 saturated heterocycles. The van der Waals surface area contributed by atoms with Crippen LogP contribution < -0.4 is 5.32 Å². The van der Waals surface area contributed by atoms with E-state index in [0.717, 1.165) is 6.54 Å². The first-order valence-corrected chi connectivity index (χ1v) is 6.71. The Morgan fingerprint density at radius 1 is 1.11 bits per heavy atom. The van der Waals surface area contributed by atoms with Crippen molar-refractivity contribution in [1.82, 2.24) is 4.98 Å². The second kappa shape index (κ2) is 5.43. The van der Waals surface area contributed by atoms with Gasteiger partial charge in [0, 0.05) is 24.6 Å². The highest BCUT2D eigenvalue weighted by atomic mass is 14.9. The van der Waals surface area contributed by atoms with Crippen LogP contribution in [0.25, 0.3) is 0 Å². The number of pyridine rings is 1. The van der Waals surface area contributed by atoms with Gasteiger partial charge in [0.05, 0.1) is 0 Å². The molecule has 0 bridgehead atoms. The molecule has 2 aromatic rings. The van der Waals surface area contributed by atoms with Crippen molar-refractivity contribution >= 4 is 5.69 Å². The number of hydrogen-bond acceptors (Lipinski definition) is 2. The average Bonchev–Trinajstić information content (AvgIpc) is 2.37. The number of nitrogens with one attached hydrogen (secondary N) is 1. The van der Waals surface area contributed by atoms with E-state index in [1.807, 2.05) is 18.5 Å². The quantitative estimate of drug-likeness (QED) is 0.883. The maximum atomic E-state index is 4.19. The fraction of sp³-hybridized carbons (Fsp3) is 0.353. The number of para-hydroxylation sites is 1. The van der Waals surface area contributed by atoms with Gasteiger partial charge in [-0.3, -0.25) is 4.98 Å². The molecular formula is C17H22N2. The molecule has 0 unspecified atom stereocenters. The van der Waals surface area contributed by atoms with Crippen LogP contribution in [0.1, 0.15) is 37.5 Å². The van der Waals surface area contributed by atoms with Crippen LogP contribution in [0, 0.1) is 6.92 Å². The maximum absolute atomic E-state index is 4.19. The third-order valence-corrected chi connectivity index (χ3v) is 3.35. The van der Waals surface area contributed by atoms with E-state index in [4.69, 9.17) is 0 Å². The third kappa shape index (κ3) is 3.34. The van der Waals surface area contributed by atoms with E-state index >= 15 is 0 Å². The molecular weight excluding hydrogens is 232 g/mol. The monoisotopic (exact) mass is 254 g/mol. The molecule has 1 aromatic carbocycles. The van der Waals surface area contributed by atoms with Crippen molar-refractivity contribution in [2.24, 2.45) is 0 Å². The lowest BCUT2D eigenvalue weighted by molar-refractivity contribution is 0.591. The lowest BCUT2D eigenvalue weighted by Crippen LogP contribution is -2.15. The van der Waals surface area contributed by atoms with E-state index in [0.29, 0.717) is 0 Å². The Balaban J connectivity index is 2.19. The summed E-state index contributed by atoms with van der Waals surface area (Å²) in [6.07, 6.45) is 3.77. The largest absolute Gasteiger partial charge is 0.381 e. The molecule has 2 nitrogen and oxygen atoms in total. The molecule has 0 spiro atoms. The molecule has 1 aromatic heterocycles. The zero-order chi connectivity index (χ0) is 13.9. The maximum Gasteiger partial charge on any atom is 0.0418 e. The standard InChI is InChI=1S/C17H22N2/c1-13-9-10-18-11-14(13)12-19-16-8-6-5-7-15(16)17(2,3)4/h5-11,19H,12H2,1-4H3. The van der Waals surface area contributed by atoms with E-state index in [9.17, 15) is 0 Å². The highest BCUT2D eigenvalue weighted by Gasteiger charge is 2.17. The molecule has 19 heavy (non-hydrogen) atoms. The molecule has 0 amide bonds. The van der Waals surface area contributed by atoms with Gasteiger partial charge in [0.15, 0.2) is 0 Å². The third-order valence-electron chi connectivity index (χ3n) is 3.35. The average molecular weight is 254 g/mol. The Morgan fingerprint density at radius 2 is 1.84 bits per heavy atom. The van der Waals surface area contributed by atoms with E-state index in [1.54, 1.807) is 0 Å². The van der Waals surface area contributed by atoms with Gasteiger partial charge in [0.1, 0.15) is 0 Å². The number of nitrogens with zero attached hydrogens (tertiary/aromatic N) is 1. The van der Waals surface area contributed by atoms with E-state index in [2.05, 4.69) is 62.3 Å². The highest BCUT2D eigenvalue weighted by molar-refractivity contribution is 5.54. The zero-order valence-electron chi connectivity index (χ0n) is 12.2. The predicted molar refractivity (Wildman–Crippen MR) is 81.4 cm³/mol. The first-order valence-electron chi connectivity index (χ1n) is 6.71. The van der Waals surface area contributed by atoms with Crippen molar-refractivity contribution in [3.63, 3.8) is 0 Å². The van der Waals surface area contributed by atoms with E-state index < -0.39 is 0 Å². The number of aryl methyl sites for hydroxylation is 1. The zero-order valence-corrected chi connectivity index (χ0v) is 12.2. The molecule has 2 heteroatoms. The molecule has 1 N–H and O–H groups in total. The molecule has 0 radical (unpaired) electrons. The van der Waals surface area contributed by atoms with Crippen molar-refractivity contribution in [3.8, 4) is 0 Å². The lowest BCUT2D eigenvalue weighted by atomic mass is 9.86. The molecule has 0 fully saturated rings. The summed E-state index contributed by atoms with van der Waals surface area (Å²) in [7, 11) is 0. The van der Waals surface area contributed by atoms with Gasteiger partial charge in [-0.1, -0.05) is 39.0 Å². The fourth-order valence-electron chi connectivity index (χ4n) is 2.16. The summed E-state index contributed by atoms with van der Waals surface area (Å²) < 4.78 is 0. The Labute approximate surface area is 115 Å². The SMILES string of the molecule is Cc1ccncc1CNc1ccccc1C(C)(C)C. The summed E-state index contributed by atoms with van der Waals surface area (Å²) in [4.78, 5) is 4.19. The minimum Gasteiger partial charge on any atom is -0.381 e. The molecule has 0 saturated carbocycles. The summed E-state index contributed by atoms with van der Waals surface area (Å²) in [6.45, 7) is 9.65. The highest BCUT2D eigenvalue weighted by Crippen LogP contribution is 2.29. The van der Waals surface area contributed by atoms with Crippen LogP contribution in [-0.2, 0) is 12.0 Å². The Hall–Kier alpha value is -1.83. The van der Waals surface area contributed by atoms with E-state index in [-0.39, 0.29) is 5.41 Å². The van der Waals surface area contributed by atoms with Crippen molar-refractivity contribution in [2.45, 2.75) is 39.7 Å². The molecule has 0 aliphatic rings. The van der Waals surface area contributed by atoms with Gasteiger partial charge in [-0.15, -0.1) is 0 Å². The van der Waals surface area contributed by atoms with Crippen LogP contribution >= 0.6 is 0 Å². The van der Waals surface area contributed by atoms with Crippen LogP contribution in [0.15, 0.2) is 42.7 Å². The molecule has 1 heterocycles. The Bertz CT molecular complexity index is 553. The van der Waals surface area contributed by atoms with Gasteiger partial charge in [-0.2, -0.15) is 0 Å². The fourth-order valence-corrected chi connectivity index (χ4v) is 2.16. The van der Waals surface area contributed by atoms with Crippen molar-refractivity contribution < 1.29 is 0 Å². The molecule has 0 aliphatic heterocycles. The second-order valence-corrected chi connectivity index (χ2v) is 5.95. The number of anilines is 1. The lowest BCUT2D eigenvalue weighted by Gasteiger charge is -2.23. The smallest absolute Gasteiger partial charge is 0.0418 e. The van der Waals surface area contributed by atoms with Gasteiger partial charge in [-0.25, -0.2) is 0 Å². The summed E-state index contributed by atoms with van der Waals surface area (Å²) in [5.74, 6) is 0. The molecule has 0 atom stereocenters. The second-order valence-electron chi connectivity index (χ2n) is 5.95. The van der Waals surface area contributed by atoms with Crippen LogP contribution in [-0.4, -0.2) is 4.98 Å². The first-order chi connectivity index (χ1) is 8.98. The Kier molecular flexibility index (Phi) is 3.89. The molecule has 2 rings (SSSR count). The Morgan fingerprint density at radius 3 is 2.53 bits per heavy atom. The summed E-state index contributed by atoms with van der Waals surface area (Å²) in [5.41, 5.74) is 5.21. The first kappa shape index (κ1) is 13.6. The van der Waals surface area contributed by atoms with Gasteiger partial charge in [0.2, 0.25) is 0 Å². The molecule has 100 valence electrons. The van der Waals surface area contributed by atoms with Gasteiger partial charge in [-0.05, 0) is 41.2 Å². The summed E-state index contributed by atoms with van der Waals surface area (Å²) in [5, 5.41) is 3.54. The topological polar surface area (TPSA) is 24.9 Å². The minimum absolute atomic E-state index is 0.146. The van der Waals surface area contributed by atoms with Crippen LogP contribution in [0.3, 0.4) is 0 Å².